The molecule has 0 fully saturated rings. The topological polar surface area (TPSA) is 29.9 Å². The van der Waals surface area contributed by atoms with Crippen molar-refractivity contribution in [2.45, 2.75) is 26.3 Å². The number of nitrogens with one attached hydrogen (secondary N) is 1. The van der Waals surface area contributed by atoms with Gasteiger partial charge in [0.25, 0.3) is 0 Å². The van der Waals surface area contributed by atoms with Gasteiger partial charge in [-0.2, -0.15) is 0 Å². The van der Waals surface area contributed by atoms with Crippen molar-refractivity contribution in [1.29, 1.82) is 0 Å². The molecule has 1 aromatic carbocycles. The molecule has 1 N–H and O–H groups in total. The zero-order chi connectivity index (χ0) is 13.0. The van der Waals surface area contributed by atoms with E-state index in [2.05, 4.69) is 48.9 Å². The molecule has 0 unspecified atom stereocenters. The Morgan fingerprint density at radius 2 is 2.17 bits per heavy atom. The summed E-state index contributed by atoms with van der Waals surface area (Å²) in [5.74, 6) is 1.33. The fourth-order valence-corrected chi connectivity index (χ4v) is 1.95. The molecule has 94 valence electrons. The molecule has 1 aromatic heterocycles. The fraction of sp³-hybridized carbons (Fsp3) is 0.267. The second-order valence-electron chi connectivity index (χ2n) is 4.56. The largest absolute Gasteiger partial charge is 0.325 e. The Bertz CT molecular complexity index is 526. The van der Waals surface area contributed by atoms with E-state index in [1.165, 1.54) is 5.56 Å². The summed E-state index contributed by atoms with van der Waals surface area (Å²) in [5.41, 5.74) is 2.41. The molecule has 0 bridgehead atoms. The first-order chi connectivity index (χ1) is 8.72. The lowest BCUT2D eigenvalue weighted by molar-refractivity contribution is 0.829. The first kappa shape index (κ1) is 12.4. The molecular weight excluding hydrogens is 222 g/mol. The van der Waals surface area contributed by atoms with Crippen molar-refractivity contribution in [2.24, 2.45) is 0 Å². The Balaban J connectivity index is 2.28. The minimum Gasteiger partial charge on any atom is -0.325 e. The van der Waals surface area contributed by atoms with Crippen LogP contribution in [0.4, 0.5) is 11.6 Å². The van der Waals surface area contributed by atoms with E-state index < -0.39 is 0 Å². The molecule has 0 atom stereocenters. The summed E-state index contributed by atoms with van der Waals surface area (Å²) < 4.78 is 2.03. The van der Waals surface area contributed by atoms with Crippen LogP contribution in [0.2, 0.25) is 0 Å². The maximum absolute atomic E-state index is 4.33. The number of rotatable bonds is 5. The molecule has 0 spiro atoms. The molecule has 0 saturated carbocycles. The summed E-state index contributed by atoms with van der Waals surface area (Å²) in [7, 11) is 0. The normalized spacial score (nSPS) is 10.6. The van der Waals surface area contributed by atoms with Crippen LogP contribution in [0.5, 0.6) is 0 Å². The lowest BCUT2D eigenvalue weighted by Crippen LogP contribution is -2.04. The van der Waals surface area contributed by atoms with Gasteiger partial charge >= 0.3 is 0 Å². The van der Waals surface area contributed by atoms with E-state index in [1.807, 2.05) is 22.9 Å². The summed E-state index contributed by atoms with van der Waals surface area (Å²) >= 11 is 0. The molecule has 0 saturated heterocycles. The number of benzene rings is 1. The third-order valence-electron chi connectivity index (χ3n) is 2.87. The number of anilines is 2. The van der Waals surface area contributed by atoms with Crippen molar-refractivity contribution >= 4 is 11.6 Å². The lowest BCUT2D eigenvalue weighted by Gasteiger charge is -2.14. The van der Waals surface area contributed by atoms with Crippen molar-refractivity contribution in [1.82, 2.24) is 9.55 Å². The predicted molar refractivity (Wildman–Crippen MR) is 76.2 cm³/mol. The maximum Gasteiger partial charge on any atom is 0.207 e. The number of hydrogen-bond acceptors (Lipinski definition) is 2. The van der Waals surface area contributed by atoms with Crippen LogP contribution in [-0.4, -0.2) is 9.55 Å². The van der Waals surface area contributed by atoms with Gasteiger partial charge in [-0.05, 0) is 17.5 Å². The van der Waals surface area contributed by atoms with E-state index in [4.69, 9.17) is 0 Å². The highest BCUT2D eigenvalue weighted by Crippen LogP contribution is 2.26. The van der Waals surface area contributed by atoms with Crippen molar-refractivity contribution in [3.63, 3.8) is 0 Å². The molecule has 0 amide bonds. The van der Waals surface area contributed by atoms with Gasteiger partial charge in [0, 0.05) is 24.6 Å². The molecule has 3 heteroatoms. The fourth-order valence-electron chi connectivity index (χ4n) is 1.95. The van der Waals surface area contributed by atoms with Gasteiger partial charge in [0.05, 0.1) is 0 Å². The highest BCUT2D eigenvalue weighted by atomic mass is 15.2. The van der Waals surface area contributed by atoms with E-state index in [0.29, 0.717) is 5.92 Å². The van der Waals surface area contributed by atoms with Gasteiger partial charge in [0.1, 0.15) is 0 Å². The zero-order valence-electron chi connectivity index (χ0n) is 10.9. The smallest absolute Gasteiger partial charge is 0.207 e. The SMILES string of the molecule is C=CCn1ccnc1Nc1ccccc1C(C)C. The Labute approximate surface area is 108 Å². The van der Waals surface area contributed by atoms with Gasteiger partial charge in [0.2, 0.25) is 5.95 Å². The van der Waals surface area contributed by atoms with Crippen molar-refractivity contribution in [3.05, 3.63) is 54.9 Å². The highest BCUT2D eigenvalue weighted by Gasteiger charge is 2.08. The van der Waals surface area contributed by atoms with Crippen molar-refractivity contribution in [3.8, 4) is 0 Å². The minimum atomic E-state index is 0.483. The van der Waals surface area contributed by atoms with E-state index >= 15 is 0 Å². The summed E-state index contributed by atoms with van der Waals surface area (Å²) in [5, 5.41) is 3.39. The molecule has 0 aliphatic heterocycles. The van der Waals surface area contributed by atoms with Gasteiger partial charge in [0.15, 0.2) is 0 Å². The van der Waals surface area contributed by atoms with E-state index in [0.717, 1.165) is 18.2 Å². The van der Waals surface area contributed by atoms with Gasteiger partial charge in [-0.3, -0.25) is 0 Å². The van der Waals surface area contributed by atoms with Crippen LogP contribution in [0.25, 0.3) is 0 Å². The van der Waals surface area contributed by atoms with Gasteiger partial charge < -0.3 is 9.88 Å². The van der Waals surface area contributed by atoms with Gasteiger partial charge in [-0.1, -0.05) is 38.1 Å². The molecule has 2 aromatic rings. The number of imidazole rings is 1. The number of para-hydroxylation sites is 1. The Morgan fingerprint density at radius 3 is 2.89 bits per heavy atom. The summed E-state index contributed by atoms with van der Waals surface area (Å²) in [6, 6.07) is 8.34. The van der Waals surface area contributed by atoms with Crippen molar-refractivity contribution in [2.75, 3.05) is 5.32 Å². The predicted octanol–water partition coefficient (Wildman–Crippen LogP) is 3.94. The Morgan fingerprint density at radius 1 is 1.39 bits per heavy atom. The molecule has 3 nitrogen and oxygen atoms in total. The number of aromatic nitrogens is 2. The zero-order valence-corrected chi connectivity index (χ0v) is 10.9. The third-order valence-corrected chi connectivity index (χ3v) is 2.87. The number of allylic oxidation sites excluding steroid dienone is 1. The van der Waals surface area contributed by atoms with Crippen LogP contribution in [0.3, 0.4) is 0 Å². The van der Waals surface area contributed by atoms with Crippen LogP contribution in [0.15, 0.2) is 49.3 Å². The molecule has 0 aliphatic rings. The third kappa shape index (κ3) is 2.62. The van der Waals surface area contributed by atoms with Gasteiger partial charge in [-0.15, -0.1) is 6.58 Å². The summed E-state index contributed by atoms with van der Waals surface area (Å²) in [6.45, 7) is 8.89. The maximum atomic E-state index is 4.33. The van der Waals surface area contributed by atoms with Crippen LogP contribution in [0.1, 0.15) is 25.3 Å². The van der Waals surface area contributed by atoms with Gasteiger partial charge in [-0.25, -0.2) is 4.98 Å². The van der Waals surface area contributed by atoms with Crippen LogP contribution in [-0.2, 0) is 6.54 Å². The molecule has 0 radical (unpaired) electrons. The highest BCUT2D eigenvalue weighted by molar-refractivity contribution is 5.59. The summed E-state index contributed by atoms with van der Waals surface area (Å²) in [4.78, 5) is 4.33. The molecule has 0 aliphatic carbocycles. The van der Waals surface area contributed by atoms with E-state index in [1.54, 1.807) is 6.20 Å². The molecule has 2 rings (SSSR count). The van der Waals surface area contributed by atoms with Crippen LogP contribution < -0.4 is 5.32 Å². The lowest BCUT2D eigenvalue weighted by atomic mass is 10.0. The minimum absolute atomic E-state index is 0.483. The first-order valence-corrected chi connectivity index (χ1v) is 6.20. The monoisotopic (exact) mass is 241 g/mol. The van der Waals surface area contributed by atoms with Crippen LogP contribution in [0, 0.1) is 0 Å². The molecule has 18 heavy (non-hydrogen) atoms. The quantitative estimate of drug-likeness (QED) is 0.804. The average molecular weight is 241 g/mol. The number of nitrogens with zero attached hydrogens (tertiary/aromatic N) is 2. The molecule has 1 heterocycles. The number of hydrogen-bond donors (Lipinski definition) is 1. The summed E-state index contributed by atoms with van der Waals surface area (Å²) in [6.07, 6.45) is 5.60. The van der Waals surface area contributed by atoms with Crippen LogP contribution >= 0.6 is 0 Å². The standard InChI is InChI=1S/C15H19N3/c1-4-10-18-11-9-16-15(18)17-14-8-6-5-7-13(14)12(2)3/h4-9,11-12H,1,10H2,2-3H3,(H,16,17). The Hall–Kier alpha value is -2.03. The molecular formula is C15H19N3. The Kier molecular flexibility index (Phi) is 3.82. The average Bonchev–Trinajstić information content (AvgIpc) is 2.78. The second kappa shape index (κ2) is 5.54. The van der Waals surface area contributed by atoms with Crippen molar-refractivity contribution < 1.29 is 0 Å². The first-order valence-electron chi connectivity index (χ1n) is 6.20. The second-order valence-corrected chi connectivity index (χ2v) is 4.56. The van der Waals surface area contributed by atoms with E-state index in [9.17, 15) is 0 Å². The van der Waals surface area contributed by atoms with E-state index in [-0.39, 0.29) is 0 Å².